The van der Waals surface area contributed by atoms with Gasteiger partial charge < -0.3 is 5.11 Å². The minimum Gasteiger partial charge on any atom is -0.481 e. The summed E-state index contributed by atoms with van der Waals surface area (Å²) in [6.07, 6.45) is 3.90. The van der Waals surface area contributed by atoms with E-state index in [1.54, 1.807) is 12.4 Å². The van der Waals surface area contributed by atoms with Crippen molar-refractivity contribution >= 4 is 21.9 Å². The number of hydrogen-bond acceptors (Lipinski definition) is 3. The van der Waals surface area contributed by atoms with Gasteiger partial charge in [0.25, 0.3) is 0 Å². The average molecular weight is 296 g/mol. The van der Waals surface area contributed by atoms with E-state index in [1.807, 2.05) is 12.1 Å². The van der Waals surface area contributed by atoms with Crippen LogP contribution >= 0.6 is 15.9 Å². The van der Waals surface area contributed by atoms with Crippen LogP contribution in [-0.4, -0.2) is 26.3 Å². The molecule has 0 saturated carbocycles. The zero-order valence-corrected chi connectivity index (χ0v) is 10.4. The summed E-state index contributed by atoms with van der Waals surface area (Å²) in [5, 5.41) is 15.6. The molecule has 0 aromatic carbocycles. The van der Waals surface area contributed by atoms with E-state index < -0.39 is 5.97 Å². The number of nitrogens with one attached hydrogen (secondary N) is 1. The minimum atomic E-state index is -0.825. The number of aryl methyl sites for hydroxylation is 1. The van der Waals surface area contributed by atoms with Gasteiger partial charge in [-0.3, -0.25) is 14.9 Å². The van der Waals surface area contributed by atoms with Crippen molar-refractivity contribution in [2.45, 2.75) is 12.8 Å². The minimum absolute atomic E-state index is 0.0767. The fraction of sp³-hybridized carbons (Fsp3) is 0.182. The number of halogens is 1. The second kappa shape index (κ2) is 5.09. The van der Waals surface area contributed by atoms with E-state index in [-0.39, 0.29) is 6.42 Å². The van der Waals surface area contributed by atoms with Crippen molar-refractivity contribution in [3.05, 3.63) is 34.7 Å². The largest absolute Gasteiger partial charge is 0.481 e. The molecule has 0 aliphatic carbocycles. The number of aliphatic carboxylic acids is 1. The molecule has 0 aliphatic rings. The van der Waals surface area contributed by atoms with Crippen LogP contribution in [0.4, 0.5) is 0 Å². The summed E-state index contributed by atoms with van der Waals surface area (Å²) in [5.41, 5.74) is 2.42. The van der Waals surface area contributed by atoms with Crippen molar-refractivity contribution in [2.24, 2.45) is 0 Å². The Balaban J connectivity index is 2.24. The van der Waals surface area contributed by atoms with Crippen LogP contribution in [0, 0.1) is 0 Å². The zero-order valence-electron chi connectivity index (χ0n) is 8.85. The number of carbonyl (C=O) groups is 1. The Morgan fingerprint density at radius 2 is 2.35 bits per heavy atom. The van der Waals surface area contributed by atoms with Crippen LogP contribution in [0.3, 0.4) is 0 Å². The lowest BCUT2D eigenvalue weighted by atomic mass is 10.2. The van der Waals surface area contributed by atoms with Gasteiger partial charge in [0.2, 0.25) is 0 Å². The number of aromatic amines is 1. The Kier molecular flexibility index (Phi) is 3.53. The number of H-pyrrole nitrogens is 1. The standard InChI is InChI=1S/C11H10BrN3O2/c12-10-8(3-4-9(16)17)14-15-11(10)7-2-1-5-13-6-7/h1-2,5-6H,3-4H2,(H,14,15)(H,16,17). The average Bonchev–Trinajstić information content (AvgIpc) is 2.69. The summed E-state index contributed by atoms with van der Waals surface area (Å²) >= 11 is 3.42. The van der Waals surface area contributed by atoms with Crippen LogP contribution in [0.5, 0.6) is 0 Å². The Morgan fingerprint density at radius 3 is 3.00 bits per heavy atom. The first-order chi connectivity index (χ1) is 8.18. The summed E-state index contributed by atoms with van der Waals surface area (Å²) in [6.45, 7) is 0. The van der Waals surface area contributed by atoms with E-state index in [0.29, 0.717) is 6.42 Å². The molecule has 0 amide bonds. The molecule has 88 valence electrons. The van der Waals surface area contributed by atoms with E-state index in [2.05, 4.69) is 31.1 Å². The lowest BCUT2D eigenvalue weighted by Crippen LogP contribution is -1.98. The van der Waals surface area contributed by atoms with E-state index >= 15 is 0 Å². The third-order valence-electron chi connectivity index (χ3n) is 2.30. The van der Waals surface area contributed by atoms with Crippen molar-refractivity contribution in [1.29, 1.82) is 0 Å². The number of pyridine rings is 1. The van der Waals surface area contributed by atoms with Crippen LogP contribution in [0.25, 0.3) is 11.3 Å². The second-order valence-corrected chi connectivity index (χ2v) is 4.29. The van der Waals surface area contributed by atoms with Crippen LogP contribution in [0.2, 0.25) is 0 Å². The van der Waals surface area contributed by atoms with Gasteiger partial charge in [-0.2, -0.15) is 5.10 Å². The highest BCUT2D eigenvalue weighted by Crippen LogP contribution is 2.28. The third-order valence-corrected chi connectivity index (χ3v) is 3.15. The van der Waals surface area contributed by atoms with E-state index in [9.17, 15) is 4.79 Å². The molecule has 2 N–H and O–H groups in total. The molecule has 5 nitrogen and oxygen atoms in total. The van der Waals surface area contributed by atoms with Crippen LogP contribution in [0.1, 0.15) is 12.1 Å². The molecule has 17 heavy (non-hydrogen) atoms. The fourth-order valence-electron chi connectivity index (χ4n) is 1.46. The molecule has 6 heteroatoms. The van der Waals surface area contributed by atoms with E-state index in [0.717, 1.165) is 21.4 Å². The topological polar surface area (TPSA) is 78.9 Å². The van der Waals surface area contributed by atoms with Gasteiger partial charge in [0, 0.05) is 24.4 Å². The smallest absolute Gasteiger partial charge is 0.303 e. The number of aromatic nitrogens is 3. The number of rotatable bonds is 4. The lowest BCUT2D eigenvalue weighted by molar-refractivity contribution is -0.136. The first kappa shape index (κ1) is 11.8. The predicted octanol–water partition coefficient (Wildman–Crippen LogP) is 2.25. The molecule has 0 spiro atoms. The molecule has 0 aliphatic heterocycles. The highest BCUT2D eigenvalue weighted by atomic mass is 79.9. The number of hydrogen-bond donors (Lipinski definition) is 2. The first-order valence-electron chi connectivity index (χ1n) is 5.03. The molecular formula is C11H10BrN3O2. The van der Waals surface area contributed by atoms with Gasteiger partial charge in [-0.05, 0) is 28.1 Å². The normalized spacial score (nSPS) is 10.4. The summed E-state index contributed by atoms with van der Waals surface area (Å²) in [5.74, 6) is -0.825. The highest BCUT2D eigenvalue weighted by molar-refractivity contribution is 9.10. The molecule has 0 radical (unpaired) electrons. The van der Waals surface area contributed by atoms with E-state index in [1.165, 1.54) is 0 Å². The SMILES string of the molecule is O=C(O)CCc1[nH]nc(-c2cccnc2)c1Br. The fourth-order valence-corrected chi connectivity index (χ4v) is 2.06. The molecule has 2 aromatic heterocycles. The van der Waals surface area contributed by atoms with Crippen molar-refractivity contribution in [3.8, 4) is 11.3 Å². The van der Waals surface area contributed by atoms with Crippen molar-refractivity contribution < 1.29 is 9.90 Å². The third kappa shape index (κ3) is 2.71. The monoisotopic (exact) mass is 295 g/mol. The van der Waals surface area contributed by atoms with Crippen molar-refractivity contribution in [2.75, 3.05) is 0 Å². The number of nitrogens with zero attached hydrogens (tertiary/aromatic N) is 2. The maximum atomic E-state index is 10.5. The summed E-state index contributed by atoms with van der Waals surface area (Å²) in [7, 11) is 0. The zero-order chi connectivity index (χ0) is 12.3. The maximum Gasteiger partial charge on any atom is 0.303 e. The predicted molar refractivity (Wildman–Crippen MR) is 65.5 cm³/mol. The Bertz CT molecular complexity index is 525. The Hall–Kier alpha value is -1.69. The van der Waals surface area contributed by atoms with Crippen molar-refractivity contribution in [1.82, 2.24) is 15.2 Å². The molecule has 0 unspecified atom stereocenters. The van der Waals surface area contributed by atoms with Gasteiger partial charge in [0.1, 0.15) is 5.69 Å². The Morgan fingerprint density at radius 1 is 1.53 bits per heavy atom. The van der Waals surface area contributed by atoms with Crippen LogP contribution in [-0.2, 0) is 11.2 Å². The molecule has 0 fully saturated rings. The van der Waals surface area contributed by atoms with Crippen LogP contribution in [0.15, 0.2) is 29.0 Å². The quantitative estimate of drug-likeness (QED) is 0.907. The van der Waals surface area contributed by atoms with Gasteiger partial charge in [-0.15, -0.1) is 0 Å². The van der Waals surface area contributed by atoms with Gasteiger partial charge >= 0.3 is 5.97 Å². The van der Waals surface area contributed by atoms with Crippen molar-refractivity contribution in [3.63, 3.8) is 0 Å². The molecule has 0 saturated heterocycles. The first-order valence-corrected chi connectivity index (χ1v) is 5.82. The van der Waals surface area contributed by atoms with Crippen LogP contribution < -0.4 is 0 Å². The highest BCUT2D eigenvalue weighted by Gasteiger charge is 2.13. The lowest BCUT2D eigenvalue weighted by Gasteiger charge is -1.97. The van der Waals surface area contributed by atoms with Gasteiger partial charge in [0.15, 0.2) is 0 Å². The molecule has 2 heterocycles. The summed E-state index contributed by atoms with van der Waals surface area (Å²) in [4.78, 5) is 14.5. The molecule has 0 atom stereocenters. The Labute approximate surface area is 106 Å². The molecule has 0 bridgehead atoms. The maximum absolute atomic E-state index is 10.5. The molecular weight excluding hydrogens is 286 g/mol. The van der Waals surface area contributed by atoms with Gasteiger partial charge in [0.05, 0.1) is 16.6 Å². The molecule has 2 aromatic rings. The summed E-state index contributed by atoms with van der Waals surface area (Å²) < 4.78 is 0.798. The van der Waals surface area contributed by atoms with Gasteiger partial charge in [-0.1, -0.05) is 0 Å². The van der Waals surface area contributed by atoms with E-state index in [4.69, 9.17) is 5.11 Å². The van der Waals surface area contributed by atoms with Gasteiger partial charge in [-0.25, -0.2) is 0 Å². The second-order valence-electron chi connectivity index (χ2n) is 3.50. The molecule has 2 rings (SSSR count). The number of carboxylic acids is 1. The summed E-state index contributed by atoms with van der Waals surface area (Å²) in [6, 6.07) is 3.72. The number of carboxylic acid groups (broad SMARTS) is 1.